The van der Waals surface area contributed by atoms with Crippen molar-refractivity contribution in [1.29, 1.82) is 0 Å². The molecule has 0 saturated heterocycles. The first kappa shape index (κ1) is 9.71. The second-order valence-electron chi connectivity index (χ2n) is 3.50. The number of nitrogens with one attached hydrogen (secondary N) is 1. The van der Waals surface area contributed by atoms with Crippen molar-refractivity contribution in [3.8, 4) is 28.5 Å². The van der Waals surface area contributed by atoms with Gasteiger partial charge in [-0.3, -0.25) is 4.79 Å². The van der Waals surface area contributed by atoms with E-state index in [2.05, 4.69) is 9.97 Å². The first-order valence-electron chi connectivity index (χ1n) is 4.92. The van der Waals surface area contributed by atoms with Crippen LogP contribution < -0.4 is 15.0 Å². The Bertz CT molecular complexity index is 636. The SMILES string of the molecule is O=c1[nH]cnc(O)c1-c1ccc2c(c1)OCO2. The minimum Gasteiger partial charge on any atom is -0.493 e. The number of H-pyrrole nitrogens is 1. The minimum atomic E-state index is -0.406. The maximum Gasteiger partial charge on any atom is 0.262 e. The van der Waals surface area contributed by atoms with Gasteiger partial charge in [0, 0.05) is 0 Å². The Morgan fingerprint density at radius 3 is 2.94 bits per heavy atom. The Balaban J connectivity index is 2.19. The number of hydrogen-bond acceptors (Lipinski definition) is 5. The van der Waals surface area contributed by atoms with Gasteiger partial charge in [0.05, 0.1) is 6.33 Å². The third-order valence-corrected chi connectivity index (χ3v) is 2.49. The summed E-state index contributed by atoms with van der Waals surface area (Å²) in [7, 11) is 0. The Kier molecular flexibility index (Phi) is 2.01. The summed E-state index contributed by atoms with van der Waals surface area (Å²) in [5.74, 6) is 0.853. The Morgan fingerprint density at radius 1 is 1.29 bits per heavy atom. The zero-order chi connectivity index (χ0) is 11.8. The van der Waals surface area contributed by atoms with Crippen molar-refractivity contribution in [1.82, 2.24) is 9.97 Å². The molecule has 0 fully saturated rings. The average molecular weight is 232 g/mol. The molecule has 0 amide bonds. The maximum absolute atomic E-state index is 11.6. The van der Waals surface area contributed by atoms with Crippen molar-refractivity contribution in [2.24, 2.45) is 0 Å². The molecule has 86 valence electrons. The molecule has 0 bridgehead atoms. The summed E-state index contributed by atoms with van der Waals surface area (Å²) >= 11 is 0. The molecule has 0 spiro atoms. The van der Waals surface area contributed by atoms with Gasteiger partial charge in [0.15, 0.2) is 11.5 Å². The number of rotatable bonds is 1. The lowest BCUT2D eigenvalue weighted by Gasteiger charge is -2.03. The van der Waals surface area contributed by atoms with Gasteiger partial charge in [0.2, 0.25) is 12.7 Å². The van der Waals surface area contributed by atoms with Gasteiger partial charge in [0.1, 0.15) is 5.56 Å². The molecule has 2 heterocycles. The van der Waals surface area contributed by atoms with Gasteiger partial charge in [-0.15, -0.1) is 0 Å². The van der Waals surface area contributed by atoms with E-state index in [0.29, 0.717) is 17.1 Å². The molecule has 6 heteroatoms. The average Bonchev–Trinajstić information content (AvgIpc) is 2.76. The molecule has 0 unspecified atom stereocenters. The highest BCUT2D eigenvalue weighted by atomic mass is 16.7. The first-order chi connectivity index (χ1) is 8.25. The first-order valence-corrected chi connectivity index (χ1v) is 4.92. The lowest BCUT2D eigenvalue weighted by atomic mass is 10.1. The molecule has 3 rings (SSSR count). The lowest BCUT2D eigenvalue weighted by molar-refractivity contribution is 0.174. The highest BCUT2D eigenvalue weighted by Crippen LogP contribution is 2.36. The van der Waals surface area contributed by atoms with E-state index in [1.807, 2.05) is 0 Å². The van der Waals surface area contributed by atoms with Crippen LogP contribution in [0.15, 0.2) is 29.3 Å². The van der Waals surface area contributed by atoms with Crippen LogP contribution in [0, 0.1) is 0 Å². The largest absolute Gasteiger partial charge is 0.493 e. The molecule has 1 aromatic carbocycles. The molecule has 1 aliphatic heterocycles. The zero-order valence-corrected chi connectivity index (χ0v) is 8.64. The Labute approximate surface area is 95.5 Å². The molecule has 2 aromatic rings. The summed E-state index contributed by atoms with van der Waals surface area (Å²) in [6.07, 6.45) is 1.15. The summed E-state index contributed by atoms with van der Waals surface area (Å²) in [5, 5.41) is 9.59. The Hall–Kier alpha value is -2.50. The predicted molar refractivity (Wildman–Crippen MR) is 58.1 cm³/mol. The van der Waals surface area contributed by atoms with Crippen LogP contribution in [0.5, 0.6) is 17.4 Å². The number of hydrogen-bond donors (Lipinski definition) is 2. The van der Waals surface area contributed by atoms with E-state index >= 15 is 0 Å². The molecule has 0 saturated carbocycles. The van der Waals surface area contributed by atoms with Gasteiger partial charge in [-0.05, 0) is 17.7 Å². The van der Waals surface area contributed by atoms with Crippen molar-refractivity contribution >= 4 is 0 Å². The quantitative estimate of drug-likeness (QED) is 0.762. The van der Waals surface area contributed by atoms with Gasteiger partial charge in [0.25, 0.3) is 5.56 Å². The van der Waals surface area contributed by atoms with Gasteiger partial charge < -0.3 is 19.6 Å². The summed E-state index contributed by atoms with van der Waals surface area (Å²) in [6, 6.07) is 4.98. The van der Waals surface area contributed by atoms with Crippen LogP contribution in [0.3, 0.4) is 0 Å². The number of nitrogens with zero attached hydrogens (tertiary/aromatic N) is 1. The van der Waals surface area contributed by atoms with E-state index in [9.17, 15) is 9.90 Å². The highest BCUT2D eigenvalue weighted by Gasteiger charge is 2.17. The minimum absolute atomic E-state index is 0.116. The summed E-state index contributed by atoms with van der Waals surface area (Å²) in [6.45, 7) is 0.161. The molecule has 0 atom stereocenters. The number of aromatic amines is 1. The lowest BCUT2D eigenvalue weighted by Crippen LogP contribution is -2.09. The number of ether oxygens (including phenoxy) is 2. The van der Waals surface area contributed by atoms with Crippen molar-refractivity contribution in [3.63, 3.8) is 0 Å². The van der Waals surface area contributed by atoms with Gasteiger partial charge in [-0.1, -0.05) is 6.07 Å². The molecule has 17 heavy (non-hydrogen) atoms. The van der Waals surface area contributed by atoms with E-state index in [4.69, 9.17) is 9.47 Å². The van der Waals surface area contributed by atoms with Gasteiger partial charge >= 0.3 is 0 Å². The molecule has 2 N–H and O–H groups in total. The van der Waals surface area contributed by atoms with Crippen LogP contribution in [0.25, 0.3) is 11.1 Å². The van der Waals surface area contributed by atoms with Crippen LogP contribution in [0.2, 0.25) is 0 Å². The van der Waals surface area contributed by atoms with Crippen molar-refractivity contribution in [2.45, 2.75) is 0 Å². The standard InChI is InChI=1S/C11H8N2O4/c14-10-9(11(15)13-4-12-10)6-1-2-7-8(3-6)17-5-16-7/h1-4H,5H2,(H2,12,13,14,15). The molecule has 0 aliphatic carbocycles. The topological polar surface area (TPSA) is 84.4 Å². The van der Waals surface area contributed by atoms with Crippen LogP contribution in [0.4, 0.5) is 0 Å². The Morgan fingerprint density at radius 2 is 2.12 bits per heavy atom. The molecule has 1 aromatic heterocycles. The summed E-state index contributed by atoms with van der Waals surface area (Å²) < 4.78 is 10.4. The monoisotopic (exact) mass is 232 g/mol. The zero-order valence-electron chi connectivity index (χ0n) is 8.64. The van der Waals surface area contributed by atoms with Gasteiger partial charge in [-0.25, -0.2) is 4.98 Å². The third-order valence-electron chi connectivity index (χ3n) is 2.49. The van der Waals surface area contributed by atoms with E-state index in [1.165, 1.54) is 0 Å². The number of aromatic nitrogens is 2. The fourth-order valence-corrected chi connectivity index (χ4v) is 1.70. The maximum atomic E-state index is 11.6. The van der Waals surface area contributed by atoms with Crippen molar-refractivity contribution in [2.75, 3.05) is 6.79 Å². The smallest absolute Gasteiger partial charge is 0.262 e. The van der Waals surface area contributed by atoms with Crippen LogP contribution in [-0.2, 0) is 0 Å². The summed E-state index contributed by atoms with van der Waals surface area (Å²) in [5.41, 5.74) is 0.239. The fourth-order valence-electron chi connectivity index (χ4n) is 1.70. The van der Waals surface area contributed by atoms with Crippen LogP contribution >= 0.6 is 0 Å². The predicted octanol–water partition coefficient (Wildman–Crippen LogP) is 0.871. The normalized spacial score (nSPS) is 12.7. The molecule has 6 nitrogen and oxygen atoms in total. The van der Waals surface area contributed by atoms with E-state index < -0.39 is 5.56 Å². The molecular formula is C11H8N2O4. The molecular weight excluding hydrogens is 224 g/mol. The van der Waals surface area contributed by atoms with E-state index in [1.54, 1.807) is 18.2 Å². The second-order valence-corrected chi connectivity index (χ2v) is 3.50. The second kappa shape index (κ2) is 3.51. The van der Waals surface area contributed by atoms with Gasteiger partial charge in [-0.2, -0.15) is 0 Å². The fraction of sp³-hybridized carbons (Fsp3) is 0.0909. The van der Waals surface area contributed by atoms with Crippen LogP contribution in [0.1, 0.15) is 0 Å². The molecule has 0 radical (unpaired) electrons. The summed E-state index contributed by atoms with van der Waals surface area (Å²) in [4.78, 5) is 17.7. The number of fused-ring (bicyclic) bond motifs is 1. The van der Waals surface area contributed by atoms with Crippen molar-refractivity contribution < 1.29 is 14.6 Å². The van der Waals surface area contributed by atoms with E-state index in [0.717, 1.165) is 6.33 Å². The van der Waals surface area contributed by atoms with Crippen molar-refractivity contribution in [3.05, 3.63) is 34.9 Å². The number of benzene rings is 1. The highest BCUT2D eigenvalue weighted by molar-refractivity contribution is 5.70. The third kappa shape index (κ3) is 1.50. The number of aromatic hydroxyl groups is 1. The molecule has 1 aliphatic rings. The van der Waals surface area contributed by atoms with Crippen LogP contribution in [-0.4, -0.2) is 21.9 Å². The van der Waals surface area contributed by atoms with E-state index in [-0.39, 0.29) is 18.2 Å².